The molecule has 5 aromatic heterocycles. The van der Waals surface area contributed by atoms with Crippen LogP contribution in [0.25, 0.3) is 49.0 Å². The molecule has 9 aromatic carbocycles. The highest BCUT2D eigenvalue weighted by Gasteiger charge is 2.36. The largest absolute Gasteiger partial charge is 0.462 e. The van der Waals surface area contributed by atoms with E-state index in [1.54, 1.807) is 57.7 Å². The first-order chi connectivity index (χ1) is 68.8. The molecule has 144 heavy (non-hydrogen) atoms. The zero-order valence-electron chi connectivity index (χ0n) is 91.3. The highest BCUT2D eigenvalue weighted by Crippen LogP contribution is 2.44. The minimum atomic E-state index is -0.657. The van der Waals surface area contributed by atoms with Gasteiger partial charge in [-0.2, -0.15) is 0 Å². The van der Waals surface area contributed by atoms with Gasteiger partial charge in [-0.3, -0.25) is 24.0 Å². The SMILES string of the molecule is C.CC.CC.CC.CC.CC.CC.CC.CC#CC.CC1Nc2ccccc2C1C.CCOC(=O)C(=CN1c2ccccc2C(C)C1C)C(=O)OCC.CCOC(=O)c1cn2c3c(cccc3c1=O)C(C)C2C.Cc1[nH]c2ccccc2c1C.Cc1ccc(CNC(=O)c2cn3c(C)c(C)c4cccc(c2=O)c43)cc1.Cc1ccc(CNC(=O)c2cn3c4c(cccc4c2=O)C(C)C3C)cc1.Nc1ccccc1I. The zero-order valence-corrected chi connectivity index (χ0v) is 93.4. The third-order valence-corrected chi connectivity index (χ3v) is 26.0. The summed E-state index contributed by atoms with van der Waals surface area (Å²) < 4.78 is 22.2. The molecule has 2 amide bonds. The quantitative estimate of drug-likeness (QED) is 0.0105. The van der Waals surface area contributed by atoms with Crippen LogP contribution in [-0.4, -0.2) is 80.1 Å². The van der Waals surface area contributed by atoms with E-state index in [4.69, 9.17) is 19.9 Å². The molecule has 6 N–H and O–H groups in total. The lowest BCUT2D eigenvalue weighted by Gasteiger charge is -2.23. The molecule has 0 bridgehead atoms. The van der Waals surface area contributed by atoms with Gasteiger partial charge in [0.15, 0.2) is 5.57 Å². The van der Waals surface area contributed by atoms with Crippen molar-refractivity contribution in [3.05, 3.63) is 349 Å². The number of anilines is 3. The van der Waals surface area contributed by atoms with Gasteiger partial charge in [-0.05, 0) is 219 Å². The van der Waals surface area contributed by atoms with Gasteiger partial charge in [0, 0.05) is 150 Å². The molecule has 20 nitrogen and oxygen atoms in total. The topological polar surface area (TPSA) is 260 Å². The van der Waals surface area contributed by atoms with Crippen molar-refractivity contribution >= 4 is 118 Å². The number of esters is 3. The average molecular weight is 2070 g/mol. The van der Waals surface area contributed by atoms with Gasteiger partial charge < -0.3 is 59.3 Å². The molecule has 18 rings (SSSR count). The molecule has 4 aliphatic rings. The van der Waals surface area contributed by atoms with Crippen LogP contribution in [0.3, 0.4) is 0 Å². The standard InChI is InChI=1S/C22H22N2O2.C22H20N2O2.C18H23NO4.C16H17NO3.C10H13N.C10H11N.C6H6IN.C4H6.7C2H6.CH4/c2*1-13-7-9-16(10-8-13)11-23-22(26)19-12-24-15(3)14(2)17-5-4-6-18(20(17)24)21(19)25;1-5-22-17(20)15(18(21)23-6-2)11-19-13(4)12(3)14-9-7-8-10-16(14)19;1-4-20-16(19)13-8-17-10(3)9(2)11-6-5-7-12(14(11)17)15(13)18;2*1-7-8(2)11-10-6-4-3-5-9(7)10;7-5-3-1-2-4-6(5)8;1-3-4-2;7*1-2;/h4-10,12,14-15H,11H2,1-3H3,(H,23,26);4-10,12H,11H2,1-3H3,(H,23,26);7-13H,5-6H2,1-4H3;5-10H,4H2,1-3H3;3-8,11H,1-2H3;3-6,11H,1-2H3;1-4H,8H2;1-2H3;7*1-2H3;1H4. The number of H-pyrrole nitrogens is 1. The minimum Gasteiger partial charge on any atom is -0.462 e. The van der Waals surface area contributed by atoms with E-state index in [-0.39, 0.29) is 95.7 Å². The van der Waals surface area contributed by atoms with Crippen LogP contribution in [0.15, 0.2) is 245 Å². The monoisotopic (exact) mass is 2070 g/mol. The second-order valence-corrected chi connectivity index (χ2v) is 34.2. The van der Waals surface area contributed by atoms with Crippen LogP contribution >= 0.6 is 22.6 Å². The number of nitrogens with one attached hydrogen (secondary N) is 4. The number of carbonyl (C=O) groups is 5. The fourth-order valence-electron chi connectivity index (χ4n) is 16.5. The summed E-state index contributed by atoms with van der Waals surface area (Å²) in [5, 5.41) is 13.4. The Morgan fingerprint density at radius 1 is 0.424 bits per heavy atom. The maximum atomic E-state index is 12.9. The van der Waals surface area contributed by atoms with Crippen molar-refractivity contribution in [2.45, 2.75) is 297 Å². The Morgan fingerprint density at radius 3 is 1.26 bits per heavy atom. The Hall–Kier alpha value is -13.3. The van der Waals surface area contributed by atoms with Crippen LogP contribution in [0.4, 0.5) is 17.1 Å². The van der Waals surface area contributed by atoms with Crippen LogP contribution in [0.5, 0.6) is 0 Å². The van der Waals surface area contributed by atoms with Gasteiger partial charge >= 0.3 is 17.9 Å². The molecular formula is C123H164IN9O11. The zero-order chi connectivity index (χ0) is 107. The van der Waals surface area contributed by atoms with Gasteiger partial charge in [-0.15, -0.1) is 11.8 Å². The number of carbonyl (C=O) groups excluding carboxylic acids is 5. The Kier molecular flexibility index (Phi) is 54.6. The molecule has 0 saturated heterocycles. The van der Waals surface area contributed by atoms with Gasteiger partial charge in [0.25, 0.3) is 11.8 Å². The number of nitrogens with two attached hydrogens (primary N) is 1. The summed E-state index contributed by atoms with van der Waals surface area (Å²) >= 11 is 2.20. The summed E-state index contributed by atoms with van der Waals surface area (Å²) in [5.41, 5.74) is 26.7. The highest BCUT2D eigenvalue weighted by atomic mass is 127. The maximum absolute atomic E-state index is 12.9. The number of aromatic nitrogens is 4. The molecule has 8 unspecified atom stereocenters. The third kappa shape index (κ3) is 30.9. The number of pyridine rings is 3. The average Bonchev–Trinajstić information content (AvgIpc) is 1.58. The number of nitrogens with zero attached hydrogens (tertiary/aromatic N) is 4. The van der Waals surface area contributed by atoms with Crippen LogP contribution in [0.2, 0.25) is 0 Å². The summed E-state index contributed by atoms with van der Waals surface area (Å²) in [6, 6.07) is 67.0. The molecule has 0 aliphatic carbocycles. The lowest BCUT2D eigenvalue weighted by atomic mass is 9.97. The van der Waals surface area contributed by atoms with E-state index in [0.29, 0.717) is 59.0 Å². The molecule has 21 heteroatoms. The molecular weight excluding hydrogens is 1910 g/mol. The summed E-state index contributed by atoms with van der Waals surface area (Å²) in [6.07, 6.45) is 6.61. The van der Waals surface area contributed by atoms with Crippen molar-refractivity contribution < 1.29 is 38.2 Å². The molecule has 4 aliphatic heterocycles. The molecule has 0 spiro atoms. The molecule has 774 valence electrons. The number of aryl methyl sites for hydroxylation is 6. The fraction of sp³-hybridized carbons (Fsp3) is 0.382. The summed E-state index contributed by atoms with van der Waals surface area (Å²) in [5.74, 6) is 4.45. The molecule has 9 heterocycles. The van der Waals surface area contributed by atoms with E-state index in [9.17, 15) is 38.4 Å². The number of benzene rings is 9. The van der Waals surface area contributed by atoms with Crippen LogP contribution in [0.1, 0.15) is 328 Å². The Labute approximate surface area is 872 Å². The molecule has 0 radical (unpaired) electrons. The number of hydrogen-bond donors (Lipinski definition) is 5. The normalized spacial score (nSPS) is 15.1. The molecule has 14 aromatic rings. The number of amides is 2. The van der Waals surface area contributed by atoms with E-state index in [2.05, 4.69) is 196 Å². The van der Waals surface area contributed by atoms with Gasteiger partial charge in [0.1, 0.15) is 16.7 Å². The van der Waals surface area contributed by atoms with Crippen molar-refractivity contribution in [2.75, 3.05) is 35.8 Å². The number of aromatic amines is 1. The number of ether oxygens (including phenoxy) is 3. The fourth-order valence-corrected chi connectivity index (χ4v) is 16.9. The van der Waals surface area contributed by atoms with Gasteiger partial charge in [-0.1, -0.05) is 295 Å². The van der Waals surface area contributed by atoms with Gasteiger partial charge in [0.2, 0.25) is 16.3 Å². The Balaban J connectivity index is 0.000000430. The lowest BCUT2D eigenvalue weighted by Crippen LogP contribution is -2.29. The highest BCUT2D eigenvalue weighted by molar-refractivity contribution is 14.1. The van der Waals surface area contributed by atoms with E-state index in [0.717, 1.165) is 59.3 Å². The Bertz CT molecular complexity index is 6690. The minimum absolute atomic E-state index is 0. The van der Waals surface area contributed by atoms with Crippen molar-refractivity contribution in [3.63, 3.8) is 0 Å². The van der Waals surface area contributed by atoms with Crippen LogP contribution in [0, 0.1) is 57.0 Å². The summed E-state index contributed by atoms with van der Waals surface area (Å²) in [7, 11) is 0. The smallest absolute Gasteiger partial charge is 0.347 e. The van der Waals surface area contributed by atoms with E-state index in [1.807, 2.05) is 274 Å². The van der Waals surface area contributed by atoms with Gasteiger partial charge in [-0.25, -0.2) is 14.4 Å². The predicted molar refractivity (Wildman–Crippen MR) is 618 cm³/mol. The van der Waals surface area contributed by atoms with Crippen molar-refractivity contribution in [3.8, 4) is 11.8 Å². The maximum Gasteiger partial charge on any atom is 0.347 e. The lowest BCUT2D eigenvalue weighted by molar-refractivity contribution is -0.146. The predicted octanol–water partition coefficient (Wildman–Crippen LogP) is 29.6. The van der Waals surface area contributed by atoms with Crippen molar-refractivity contribution in [1.82, 2.24) is 29.2 Å². The summed E-state index contributed by atoms with van der Waals surface area (Å²) in [4.78, 5) is 105. The number of rotatable bonds is 13. The molecule has 0 saturated carbocycles. The van der Waals surface area contributed by atoms with Gasteiger partial charge in [0.05, 0.1) is 36.4 Å². The number of fused-ring (bicyclic) bond motifs is 3. The van der Waals surface area contributed by atoms with E-state index >= 15 is 0 Å². The number of hydrogen-bond acceptors (Lipinski definition) is 14. The first-order valence-electron chi connectivity index (χ1n) is 51.0. The second kappa shape index (κ2) is 63.0. The third-order valence-electron chi connectivity index (χ3n) is 25.0. The van der Waals surface area contributed by atoms with E-state index < -0.39 is 17.9 Å². The number of para-hydroxylation sites is 7. The molecule has 0 fully saturated rings. The van der Waals surface area contributed by atoms with Crippen LogP contribution in [-0.2, 0) is 36.9 Å². The number of nitrogen functional groups attached to an aromatic ring is 1. The first kappa shape index (κ1) is 125. The molecule has 8 atom stereocenters. The summed E-state index contributed by atoms with van der Waals surface area (Å²) in [6.45, 7) is 67.8. The number of halogens is 1. The second-order valence-electron chi connectivity index (χ2n) is 33.0. The van der Waals surface area contributed by atoms with Crippen LogP contribution < -0.4 is 42.9 Å². The van der Waals surface area contributed by atoms with Crippen molar-refractivity contribution in [2.24, 2.45) is 0 Å². The first-order valence-corrected chi connectivity index (χ1v) is 52.1. The van der Waals surface area contributed by atoms with E-state index in [1.165, 1.54) is 61.2 Å². The Morgan fingerprint density at radius 2 is 0.812 bits per heavy atom. The van der Waals surface area contributed by atoms with Crippen molar-refractivity contribution in [1.29, 1.82) is 0 Å².